The van der Waals surface area contributed by atoms with Crippen molar-refractivity contribution in [2.45, 2.75) is 52.2 Å². The van der Waals surface area contributed by atoms with Gasteiger partial charge in [-0.15, -0.1) is 0 Å². The first-order valence-corrected chi connectivity index (χ1v) is 9.53. The van der Waals surface area contributed by atoms with Gasteiger partial charge in [-0.1, -0.05) is 6.07 Å². The Hall–Kier alpha value is -1.95. The largest absolute Gasteiger partial charge is 0.369 e. The van der Waals surface area contributed by atoms with Gasteiger partial charge in [0.1, 0.15) is 6.61 Å². The van der Waals surface area contributed by atoms with Crippen LogP contribution in [0.5, 0.6) is 0 Å². The molecule has 2 saturated heterocycles. The van der Waals surface area contributed by atoms with Crippen molar-refractivity contribution in [2.75, 3.05) is 26.2 Å². The number of rotatable bonds is 5. The second-order valence-electron chi connectivity index (χ2n) is 7.89. The van der Waals surface area contributed by atoms with Crippen LogP contribution >= 0.6 is 0 Å². The van der Waals surface area contributed by atoms with Gasteiger partial charge in [-0.25, -0.2) is 0 Å². The molecular weight excluding hydrogens is 330 g/mol. The molecule has 1 aromatic rings. The van der Waals surface area contributed by atoms with Gasteiger partial charge in [0, 0.05) is 50.4 Å². The van der Waals surface area contributed by atoms with Crippen LogP contribution in [0.1, 0.15) is 45.1 Å². The maximum atomic E-state index is 12.5. The monoisotopic (exact) mass is 359 g/mol. The van der Waals surface area contributed by atoms with Crippen molar-refractivity contribution >= 4 is 11.8 Å². The Morgan fingerprint density at radius 1 is 1.35 bits per heavy atom. The maximum absolute atomic E-state index is 12.5. The predicted molar refractivity (Wildman–Crippen MR) is 98.2 cm³/mol. The van der Waals surface area contributed by atoms with Crippen molar-refractivity contribution < 1.29 is 14.3 Å². The van der Waals surface area contributed by atoms with Gasteiger partial charge in [-0.2, -0.15) is 0 Å². The highest BCUT2D eigenvalue weighted by atomic mass is 16.5. The minimum atomic E-state index is 0.0157. The molecule has 1 unspecified atom stereocenters. The van der Waals surface area contributed by atoms with Gasteiger partial charge in [0.25, 0.3) is 0 Å². The molecule has 2 fully saturated rings. The van der Waals surface area contributed by atoms with Crippen LogP contribution in [0, 0.1) is 5.41 Å². The number of aromatic nitrogens is 1. The molecule has 1 spiro atoms. The fourth-order valence-electron chi connectivity index (χ4n) is 4.04. The predicted octanol–water partition coefficient (Wildman–Crippen LogP) is 2.24. The van der Waals surface area contributed by atoms with Crippen molar-refractivity contribution in [3.05, 3.63) is 30.1 Å². The number of amides is 2. The summed E-state index contributed by atoms with van der Waals surface area (Å²) in [6, 6.07) is 3.90. The number of carbonyl (C=O) groups is 2. The lowest BCUT2D eigenvalue weighted by molar-refractivity contribution is -0.146. The molecule has 1 atom stereocenters. The van der Waals surface area contributed by atoms with E-state index in [0.29, 0.717) is 13.0 Å². The highest BCUT2D eigenvalue weighted by Gasteiger charge is 2.42. The van der Waals surface area contributed by atoms with Crippen LogP contribution in [0.25, 0.3) is 0 Å². The molecule has 0 N–H and O–H groups in total. The summed E-state index contributed by atoms with van der Waals surface area (Å²) in [6.07, 6.45) is 7.09. The van der Waals surface area contributed by atoms with Crippen LogP contribution in [0.4, 0.5) is 0 Å². The summed E-state index contributed by atoms with van der Waals surface area (Å²) in [5, 5.41) is 0. The van der Waals surface area contributed by atoms with E-state index in [1.165, 1.54) is 0 Å². The first-order valence-electron chi connectivity index (χ1n) is 9.53. The first kappa shape index (κ1) is 18.8. The van der Waals surface area contributed by atoms with Gasteiger partial charge >= 0.3 is 0 Å². The van der Waals surface area contributed by atoms with Crippen LogP contribution in [-0.2, 0) is 20.9 Å². The van der Waals surface area contributed by atoms with E-state index in [4.69, 9.17) is 4.74 Å². The molecule has 0 radical (unpaired) electrons. The molecule has 2 amide bonds. The number of hydrogen-bond donors (Lipinski definition) is 0. The molecule has 1 aromatic heterocycles. The average molecular weight is 359 g/mol. The second-order valence-corrected chi connectivity index (χ2v) is 7.89. The number of ether oxygens (including phenoxy) is 1. The molecule has 2 aliphatic heterocycles. The molecule has 6 heteroatoms. The van der Waals surface area contributed by atoms with E-state index < -0.39 is 0 Å². The lowest BCUT2D eigenvalue weighted by atomic mass is 9.73. The van der Waals surface area contributed by atoms with E-state index in [1.807, 2.05) is 42.0 Å². The summed E-state index contributed by atoms with van der Waals surface area (Å²) in [6.45, 7) is 6.85. The topological polar surface area (TPSA) is 62.7 Å². The molecule has 2 aliphatic rings. The summed E-state index contributed by atoms with van der Waals surface area (Å²) >= 11 is 0. The summed E-state index contributed by atoms with van der Waals surface area (Å²) in [5.74, 6) is 0.263. The van der Waals surface area contributed by atoms with E-state index >= 15 is 0 Å². The Kier molecular flexibility index (Phi) is 5.91. The minimum Gasteiger partial charge on any atom is -0.369 e. The SMILES string of the molecule is CC(C)OCC(=O)N1CCCC2(CCC(=O)N(Cc3cccnc3)C2)C1. The molecule has 142 valence electrons. The third-order valence-corrected chi connectivity index (χ3v) is 5.40. The zero-order valence-corrected chi connectivity index (χ0v) is 15.8. The highest BCUT2D eigenvalue weighted by molar-refractivity contribution is 5.78. The van der Waals surface area contributed by atoms with Gasteiger partial charge in [0.2, 0.25) is 11.8 Å². The van der Waals surface area contributed by atoms with Gasteiger partial charge in [-0.05, 0) is 44.7 Å². The smallest absolute Gasteiger partial charge is 0.248 e. The van der Waals surface area contributed by atoms with E-state index in [-0.39, 0.29) is 29.9 Å². The van der Waals surface area contributed by atoms with Crippen molar-refractivity contribution in [2.24, 2.45) is 5.41 Å². The van der Waals surface area contributed by atoms with Crippen molar-refractivity contribution in [3.63, 3.8) is 0 Å². The molecule has 3 rings (SSSR count). The molecule has 3 heterocycles. The van der Waals surface area contributed by atoms with Crippen LogP contribution in [0.15, 0.2) is 24.5 Å². The Morgan fingerprint density at radius 2 is 2.19 bits per heavy atom. The molecular formula is C20H29N3O3. The summed E-state index contributed by atoms with van der Waals surface area (Å²) in [4.78, 5) is 32.9. The van der Waals surface area contributed by atoms with Crippen molar-refractivity contribution in [1.29, 1.82) is 0 Å². The van der Waals surface area contributed by atoms with Gasteiger partial charge in [0.15, 0.2) is 0 Å². The molecule has 6 nitrogen and oxygen atoms in total. The van der Waals surface area contributed by atoms with E-state index in [9.17, 15) is 9.59 Å². The fraction of sp³-hybridized carbons (Fsp3) is 0.650. The fourth-order valence-corrected chi connectivity index (χ4v) is 4.04. The van der Waals surface area contributed by atoms with Crippen LogP contribution in [-0.4, -0.2) is 58.9 Å². The molecule has 0 bridgehead atoms. The highest BCUT2D eigenvalue weighted by Crippen LogP contribution is 2.39. The van der Waals surface area contributed by atoms with E-state index in [0.717, 1.165) is 44.5 Å². The molecule has 0 saturated carbocycles. The van der Waals surface area contributed by atoms with Gasteiger partial charge in [-0.3, -0.25) is 14.6 Å². The number of likely N-dealkylation sites (tertiary alicyclic amines) is 2. The van der Waals surface area contributed by atoms with E-state index in [2.05, 4.69) is 4.98 Å². The first-order chi connectivity index (χ1) is 12.5. The van der Waals surface area contributed by atoms with Crippen LogP contribution in [0.2, 0.25) is 0 Å². The summed E-state index contributed by atoms with van der Waals surface area (Å²) in [5.41, 5.74) is 1.06. The Labute approximate surface area is 155 Å². The maximum Gasteiger partial charge on any atom is 0.248 e. The Morgan fingerprint density at radius 3 is 2.92 bits per heavy atom. The Balaban J connectivity index is 1.64. The van der Waals surface area contributed by atoms with Gasteiger partial charge < -0.3 is 14.5 Å². The number of hydrogen-bond acceptors (Lipinski definition) is 4. The van der Waals surface area contributed by atoms with Crippen LogP contribution < -0.4 is 0 Å². The molecule has 26 heavy (non-hydrogen) atoms. The minimum absolute atomic E-state index is 0.0157. The Bertz CT molecular complexity index is 634. The number of piperidine rings is 2. The standard InChI is InChI=1S/C20H29N3O3/c1-16(2)26-13-19(25)22-10-4-7-20(14-22)8-6-18(24)23(15-20)12-17-5-3-9-21-11-17/h3,5,9,11,16H,4,6-8,10,12-15H2,1-2H3. The van der Waals surface area contributed by atoms with Gasteiger partial charge in [0.05, 0.1) is 6.10 Å². The molecule has 0 aromatic carbocycles. The molecule has 0 aliphatic carbocycles. The zero-order chi connectivity index (χ0) is 18.6. The summed E-state index contributed by atoms with van der Waals surface area (Å²) < 4.78 is 5.49. The van der Waals surface area contributed by atoms with Crippen molar-refractivity contribution in [3.8, 4) is 0 Å². The van der Waals surface area contributed by atoms with Crippen molar-refractivity contribution in [1.82, 2.24) is 14.8 Å². The third kappa shape index (κ3) is 4.61. The quantitative estimate of drug-likeness (QED) is 0.809. The van der Waals surface area contributed by atoms with E-state index in [1.54, 1.807) is 6.20 Å². The number of carbonyl (C=O) groups excluding carboxylic acids is 2. The normalized spacial score (nSPS) is 23.7. The third-order valence-electron chi connectivity index (χ3n) is 5.40. The average Bonchev–Trinajstić information content (AvgIpc) is 2.64. The lowest BCUT2D eigenvalue weighted by Gasteiger charge is -2.48. The van der Waals surface area contributed by atoms with Crippen LogP contribution in [0.3, 0.4) is 0 Å². The summed E-state index contributed by atoms with van der Waals surface area (Å²) in [7, 11) is 0. The number of nitrogens with zero attached hydrogens (tertiary/aromatic N) is 3. The zero-order valence-electron chi connectivity index (χ0n) is 15.8. The number of pyridine rings is 1. The second kappa shape index (κ2) is 8.16. The lowest BCUT2D eigenvalue weighted by Crippen LogP contribution is -2.55.